The number of rotatable bonds is 2. The van der Waals surface area contributed by atoms with E-state index in [0.717, 1.165) is 4.47 Å². The number of anilines is 1. The fraction of sp³-hybridized carbons (Fsp3) is 0. The zero-order valence-electron chi connectivity index (χ0n) is 8.95. The van der Waals surface area contributed by atoms with Crippen LogP contribution < -0.4 is 5.32 Å². The van der Waals surface area contributed by atoms with E-state index in [1.807, 2.05) is 0 Å². The standard InChI is InChI=1S/C12H7Br2ClN2O/c13-8-4-3-7(6-10(8)15)17-12(18)11-9(14)2-1-5-16-11/h1-6H,(H,17,18). The molecule has 3 nitrogen and oxygen atoms in total. The number of aromatic nitrogens is 1. The van der Waals surface area contributed by atoms with Crippen LogP contribution >= 0.6 is 43.5 Å². The molecule has 0 unspecified atom stereocenters. The molecular weight excluding hydrogens is 383 g/mol. The minimum absolute atomic E-state index is 0.291. The fourth-order valence-corrected chi connectivity index (χ4v) is 2.18. The van der Waals surface area contributed by atoms with Crippen molar-refractivity contribution in [2.24, 2.45) is 0 Å². The molecule has 0 fully saturated rings. The molecule has 1 N–H and O–H groups in total. The molecule has 0 saturated heterocycles. The van der Waals surface area contributed by atoms with Crippen LogP contribution in [0.1, 0.15) is 10.5 Å². The van der Waals surface area contributed by atoms with Gasteiger partial charge in [0.15, 0.2) is 0 Å². The first-order valence-electron chi connectivity index (χ1n) is 4.95. The van der Waals surface area contributed by atoms with Gasteiger partial charge >= 0.3 is 0 Å². The van der Waals surface area contributed by atoms with Crippen molar-refractivity contribution in [2.45, 2.75) is 0 Å². The van der Waals surface area contributed by atoms with E-state index < -0.39 is 0 Å². The first kappa shape index (κ1) is 13.5. The van der Waals surface area contributed by atoms with E-state index >= 15 is 0 Å². The van der Waals surface area contributed by atoms with E-state index in [2.05, 4.69) is 42.2 Å². The molecule has 2 rings (SSSR count). The number of nitrogens with one attached hydrogen (secondary N) is 1. The quantitative estimate of drug-likeness (QED) is 0.820. The van der Waals surface area contributed by atoms with Gasteiger partial charge in [0.2, 0.25) is 0 Å². The third-order valence-electron chi connectivity index (χ3n) is 2.15. The van der Waals surface area contributed by atoms with Crippen LogP contribution in [0.4, 0.5) is 5.69 Å². The molecule has 18 heavy (non-hydrogen) atoms. The van der Waals surface area contributed by atoms with Gasteiger partial charge in [0, 0.05) is 20.8 Å². The minimum atomic E-state index is -0.291. The monoisotopic (exact) mass is 388 g/mol. The molecule has 0 saturated carbocycles. The number of halogens is 3. The van der Waals surface area contributed by atoms with E-state index in [0.29, 0.717) is 20.9 Å². The lowest BCUT2D eigenvalue weighted by atomic mass is 10.3. The molecule has 1 heterocycles. The Balaban J connectivity index is 2.22. The van der Waals surface area contributed by atoms with Crippen LogP contribution in [0.2, 0.25) is 5.02 Å². The summed E-state index contributed by atoms with van der Waals surface area (Å²) in [5.41, 5.74) is 0.947. The Labute approximate surface area is 126 Å². The first-order chi connectivity index (χ1) is 8.58. The van der Waals surface area contributed by atoms with Crippen LogP contribution in [0.25, 0.3) is 0 Å². The van der Waals surface area contributed by atoms with Gasteiger partial charge in [0.05, 0.1) is 5.02 Å². The Kier molecular flexibility index (Phi) is 4.37. The van der Waals surface area contributed by atoms with Gasteiger partial charge in [0.1, 0.15) is 5.69 Å². The number of benzene rings is 1. The molecule has 1 amide bonds. The molecule has 2 aromatic rings. The van der Waals surface area contributed by atoms with Crippen molar-refractivity contribution in [3.8, 4) is 0 Å². The maximum absolute atomic E-state index is 12.0. The minimum Gasteiger partial charge on any atom is -0.321 e. The maximum atomic E-state index is 12.0. The van der Waals surface area contributed by atoms with E-state index in [1.54, 1.807) is 36.5 Å². The number of hydrogen-bond donors (Lipinski definition) is 1. The molecule has 0 aliphatic carbocycles. The lowest BCUT2D eigenvalue weighted by Crippen LogP contribution is -2.14. The second-order valence-corrected chi connectivity index (χ2v) is 5.53. The number of nitrogens with zero attached hydrogens (tertiary/aromatic N) is 1. The van der Waals surface area contributed by atoms with Crippen molar-refractivity contribution in [2.75, 3.05) is 5.32 Å². The molecule has 0 spiro atoms. The molecule has 0 bridgehead atoms. The van der Waals surface area contributed by atoms with Gasteiger partial charge in [-0.15, -0.1) is 0 Å². The Morgan fingerprint density at radius 3 is 2.67 bits per heavy atom. The van der Waals surface area contributed by atoms with E-state index in [-0.39, 0.29) is 5.91 Å². The SMILES string of the molecule is O=C(Nc1ccc(Br)c(Cl)c1)c1ncccc1Br. The van der Waals surface area contributed by atoms with Crippen molar-refractivity contribution in [1.82, 2.24) is 4.98 Å². The summed E-state index contributed by atoms with van der Waals surface area (Å²) in [7, 11) is 0. The predicted molar refractivity (Wildman–Crippen MR) is 79.0 cm³/mol. The Morgan fingerprint density at radius 2 is 2.00 bits per heavy atom. The summed E-state index contributed by atoms with van der Waals surface area (Å²) in [6.45, 7) is 0. The summed E-state index contributed by atoms with van der Waals surface area (Å²) in [5, 5.41) is 3.27. The van der Waals surface area contributed by atoms with Gasteiger partial charge in [-0.2, -0.15) is 0 Å². The number of amides is 1. The highest BCUT2D eigenvalue weighted by molar-refractivity contribution is 9.10. The number of pyridine rings is 1. The second-order valence-electron chi connectivity index (χ2n) is 3.42. The van der Waals surface area contributed by atoms with Crippen LogP contribution in [0, 0.1) is 0 Å². The highest BCUT2D eigenvalue weighted by atomic mass is 79.9. The maximum Gasteiger partial charge on any atom is 0.275 e. The molecule has 0 aliphatic rings. The summed E-state index contributed by atoms with van der Waals surface area (Å²) in [4.78, 5) is 16.0. The topological polar surface area (TPSA) is 42.0 Å². The van der Waals surface area contributed by atoms with Crippen LogP contribution in [0.5, 0.6) is 0 Å². The lowest BCUT2D eigenvalue weighted by molar-refractivity contribution is 0.102. The molecule has 6 heteroatoms. The normalized spacial score (nSPS) is 10.2. The zero-order valence-corrected chi connectivity index (χ0v) is 12.9. The number of carbonyl (C=O) groups is 1. The van der Waals surface area contributed by atoms with Crippen molar-refractivity contribution < 1.29 is 4.79 Å². The van der Waals surface area contributed by atoms with E-state index in [4.69, 9.17) is 11.6 Å². The van der Waals surface area contributed by atoms with Crippen LogP contribution in [0.15, 0.2) is 45.5 Å². The molecule has 92 valence electrons. The summed E-state index contributed by atoms with van der Waals surface area (Å²) in [6.07, 6.45) is 1.56. The Hall–Kier alpha value is -0.910. The average molecular weight is 390 g/mol. The van der Waals surface area contributed by atoms with Gasteiger partial charge in [0.25, 0.3) is 5.91 Å². The molecule has 0 radical (unpaired) electrons. The zero-order chi connectivity index (χ0) is 13.1. The van der Waals surface area contributed by atoms with Crippen molar-refractivity contribution in [3.63, 3.8) is 0 Å². The van der Waals surface area contributed by atoms with Crippen LogP contribution in [-0.4, -0.2) is 10.9 Å². The van der Waals surface area contributed by atoms with E-state index in [1.165, 1.54) is 0 Å². The van der Waals surface area contributed by atoms with Crippen LogP contribution in [-0.2, 0) is 0 Å². The molecule has 1 aromatic heterocycles. The number of carbonyl (C=O) groups excluding carboxylic acids is 1. The predicted octanol–water partition coefficient (Wildman–Crippen LogP) is 4.51. The van der Waals surface area contributed by atoms with E-state index in [9.17, 15) is 4.79 Å². The first-order valence-corrected chi connectivity index (χ1v) is 6.91. The van der Waals surface area contributed by atoms with Crippen molar-refractivity contribution in [3.05, 3.63) is 56.2 Å². The smallest absolute Gasteiger partial charge is 0.275 e. The van der Waals surface area contributed by atoms with Crippen LogP contribution in [0.3, 0.4) is 0 Å². The third-order valence-corrected chi connectivity index (χ3v) is 4.02. The third kappa shape index (κ3) is 3.10. The lowest BCUT2D eigenvalue weighted by Gasteiger charge is -2.06. The summed E-state index contributed by atoms with van der Waals surface area (Å²) in [5.74, 6) is -0.291. The Morgan fingerprint density at radius 1 is 1.22 bits per heavy atom. The number of hydrogen-bond acceptors (Lipinski definition) is 2. The van der Waals surface area contributed by atoms with Gasteiger partial charge in [-0.25, -0.2) is 4.98 Å². The molecule has 1 aromatic carbocycles. The van der Waals surface area contributed by atoms with Gasteiger partial charge in [-0.1, -0.05) is 11.6 Å². The second kappa shape index (κ2) is 5.82. The van der Waals surface area contributed by atoms with Crippen molar-refractivity contribution in [1.29, 1.82) is 0 Å². The highest BCUT2D eigenvalue weighted by Gasteiger charge is 2.11. The molecule has 0 aliphatic heterocycles. The highest BCUT2D eigenvalue weighted by Crippen LogP contribution is 2.26. The molecule has 0 atom stereocenters. The summed E-state index contributed by atoms with van der Waals surface area (Å²) in [6, 6.07) is 8.70. The van der Waals surface area contributed by atoms with Gasteiger partial charge < -0.3 is 5.32 Å². The van der Waals surface area contributed by atoms with Gasteiger partial charge in [-0.3, -0.25) is 4.79 Å². The fourth-order valence-electron chi connectivity index (χ4n) is 1.32. The van der Waals surface area contributed by atoms with Gasteiger partial charge in [-0.05, 0) is 62.2 Å². The summed E-state index contributed by atoms with van der Waals surface area (Å²) < 4.78 is 1.42. The summed E-state index contributed by atoms with van der Waals surface area (Å²) >= 11 is 12.5. The molecular formula is C12H7Br2ClN2O. The largest absolute Gasteiger partial charge is 0.321 e. The Bertz CT molecular complexity index is 604. The average Bonchev–Trinajstić information content (AvgIpc) is 2.34. The van der Waals surface area contributed by atoms with Crippen molar-refractivity contribution >= 4 is 55.1 Å².